The zero-order valence-corrected chi connectivity index (χ0v) is 10.2. The quantitative estimate of drug-likeness (QED) is 0.872. The Kier molecular flexibility index (Phi) is 2.77. The number of fused-ring (bicyclic) bond motifs is 1. The molecule has 0 spiro atoms. The van der Waals surface area contributed by atoms with Crippen LogP contribution in [0.25, 0.3) is 0 Å². The number of alkyl halides is 3. The molecule has 1 aromatic carbocycles. The fraction of sp³-hybridized carbons (Fsp3) is 0.231. The van der Waals surface area contributed by atoms with Crippen molar-refractivity contribution in [1.82, 2.24) is 10.2 Å². The van der Waals surface area contributed by atoms with Gasteiger partial charge in [0.05, 0.1) is 11.9 Å². The Hall–Kier alpha value is -2.31. The van der Waals surface area contributed by atoms with Crippen LogP contribution in [-0.2, 0) is 19.3 Å². The van der Waals surface area contributed by atoms with Crippen LogP contribution in [-0.4, -0.2) is 10.2 Å². The molecule has 2 heterocycles. The first-order valence-corrected chi connectivity index (χ1v) is 5.93. The molecule has 0 amide bonds. The number of benzene rings is 1. The Bertz CT molecular complexity index is 683. The first-order chi connectivity index (χ1) is 9.47. The van der Waals surface area contributed by atoms with Crippen molar-refractivity contribution < 1.29 is 13.2 Å². The van der Waals surface area contributed by atoms with Gasteiger partial charge in [0, 0.05) is 13.1 Å². The highest BCUT2D eigenvalue weighted by atomic mass is 19.4. The summed E-state index contributed by atoms with van der Waals surface area (Å²) in [6.45, 7) is 0.675. The Labute approximate surface area is 111 Å². The van der Waals surface area contributed by atoms with E-state index in [1.165, 1.54) is 4.90 Å². The fourth-order valence-corrected chi connectivity index (χ4v) is 2.41. The van der Waals surface area contributed by atoms with Crippen LogP contribution >= 0.6 is 0 Å². The molecule has 0 saturated heterocycles. The van der Waals surface area contributed by atoms with E-state index in [1.807, 2.05) is 29.4 Å². The van der Waals surface area contributed by atoms with Crippen LogP contribution in [0.2, 0.25) is 0 Å². The van der Waals surface area contributed by atoms with Crippen molar-refractivity contribution in [3.05, 3.63) is 57.5 Å². The highest BCUT2D eigenvalue weighted by Crippen LogP contribution is 2.36. The summed E-state index contributed by atoms with van der Waals surface area (Å²) in [5.74, 6) is 0. The average Bonchev–Trinajstić information content (AvgIpc) is 2.80. The highest BCUT2D eigenvalue weighted by Gasteiger charge is 2.39. The third-order valence-corrected chi connectivity index (χ3v) is 3.30. The zero-order chi connectivity index (χ0) is 14.3. The van der Waals surface area contributed by atoms with Gasteiger partial charge in [0.15, 0.2) is 0 Å². The minimum Gasteiger partial charge on any atom is -0.361 e. The normalized spacial score (nSPS) is 14.4. The lowest BCUT2D eigenvalue weighted by Crippen LogP contribution is -2.28. The summed E-state index contributed by atoms with van der Waals surface area (Å²) in [6, 6.07) is 7.40. The number of halogens is 3. The number of H-pyrrole nitrogens is 1. The zero-order valence-electron chi connectivity index (χ0n) is 10.2. The minimum atomic E-state index is -4.71. The molecule has 0 radical (unpaired) electrons. The Balaban J connectivity index is 2.06. The van der Waals surface area contributed by atoms with Gasteiger partial charge in [-0.15, -0.1) is 0 Å². The molecule has 0 atom stereocenters. The molecule has 3 rings (SSSR count). The summed E-state index contributed by atoms with van der Waals surface area (Å²) in [6.07, 6.45) is -3.66. The van der Waals surface area contributed by atoms with Crippen LogP contribution in [0.15, 0.2) is 35.3 Å². The maximum Gasteiger partial charge on any atom is 0.423 e. The molecule has 2 aromatic rings. The third-order valence-electron chi connectivity index (χ3n) is 3.30. The lowest BCUT2D eigenvalue weighted by atomic mass is 10.1. The van der Waals surface area contributed by atoms with Crippen molar-refractivity contribution in [3.8, 4) is 0 Å². The number of aromatic amines is 1. The minimum absolute atomic E-state index is 0.183. The number of anilines is 1. The van der Waals surface area contributed by atoms with E-state index >= 15 is 0 Å². The van der Waals surface area contributed by atoms with Crippen molar-refractivity contribution in [2.45, 2.75) is 19.3 Å². The molecule has 7 heteroatoms. The number of rotatable bonds is 1. The second-order valence-corrected chi connectivity index (χ2v) is 4.58. The van der Waals surface area contributed by atoms with Crippen LogP contribution < -0.4 is 10.5 Å². The molecule has 1 aromatic heterocycles. The van der Waals surface area contributed by atoms with E-state index in [2.05, 4.69) is 5.10 Å². The molecular formula is C13H10F3N3O. The van der Waals surface area contributed by atoms with Gasteiger partial charge in [0.25, 0.3) is 5.56 Å². The summed E-state index contributed by atoms with van der Waals surface area (Å²) in [7, 11) is 0. The highest BCUT2D eigenvalue weighted by molar-refractivity contribution is 5.56. The number of aromatic nitrogens is 2. The monoisotopic (exact) mass is 281 g/mol. The molecule has 4 nitrogen and oxygen atoms in total. The standard InChI is InChI=1S/C13H10F3N3O/c14-13(15,16)11-10(5-17-18-12(11)20)19-6-8-3-1-2-4-9(8)7-19/h1-5H,6-7H2,(H,18,20). The number of hydrogen-bond donors (Lipinski definition) is 1. The second-order valence-electron chi connectivity index (χ2n) is 4.58. The van der Waals surface area contributed by atoms with Crippen molar-refractivity contribution in [1.29, 1.82) is 0 Å². The molecule has 104 valence electrons. The topological polar surface area (TPSA) is 49.0 Å². The fourth-order valence-electron chi connectivity index (χ4n) is 2.41. The van der Waals surface area contributed by atoms with Gasteiger partial charge in [-0.2, -0.15) is 18.3 Å². The molecule has 0 fully saturated rings. The molecule has 0 bridgehead atoms. The summed E-state index contributed by atoms with van der Waals surface area (Å²) in [5, 5.41) is 5.33. The first kappa shape index (κ1) is 12.7. The lowest BCUT2D eigenvalue weighted by Gasteiger charge is -2.21. The van der Waals surface area contributed by atoms with Gasteiger partial charge in [-0.05, 0) is 11.1 Å². The van der Waals surface area contributed by atoms with Crippen LogP contribution in [0, 0.1) is 0 Å². The van der Waals surface area contributed by atoms with Gasteiger partial charge in [-0.3, -0.25) is 4.79 Å². The van der Waals surface area contributed by atoms with E-state index < -0.39 is 17.3 Å². The van der Waals surface area contributed by atoms with Gasteiger partial charge < -0.3 is 4.90 Å². The Morgan fingerprint density at radius 1 is 1.15 bits per heavy atom. The Morgan fingerprint density at radius 3 is 2.30 bits per heavy atom. The Morgan fingerprint density at radius 2 is 1.75 bits per heavy atom. The van der Waals surface area contributed by atoms with Crippen molar-refractivity contribution in [2.24, 2.45) is 0 Å². The number of nitrogens with one attached hydrogen (secondary N) is 1. The van der Waals surface area contributed by atoms with Gasteiger partial charge in [-0.25, -0.2) is 5.10 Å². The van der Waals surface area contributed by atoms with E-state index in [4.69, 9.17) is 0 Å². The largest absolute Gasteiger partial charge is 0.423 e. The summed E-state index contributed by atoms with van der Waals surface area (Å²) >= 11 is 0. The van der Waals surface area contributed by atoms with E-state index in [9.17, 15) is 18.0 Å². The number of nitrogens with zero attached hydrogens (tertiary/aromatic N) is 2. The number of hydrogen-bond acceptors (Lipinski definition) is 3. The molecule has 0 saturated carbocycles. The lowest BCUT2D eigenvalue weighted by molar-refractivity contribution is -0.138. The van der Waals surface area contributed by atoms with E-state index in [-0.39, 0.29) is 5.69 Å². The molecule has 20 heavy (non-hydrogen) atoms. The second kappa shape index (κ2) is 4.36. The maximum absolute atomic E-state index is 13.0. The predicted molar refractivity (Wildman–Crippen MR) is 66.2 cm³/mol. The molecular weight excluding hydrogens is 271 g/mol. The van der Waals surface area contributed by atoms with Crippen LogP contribution in [0.3, 0.4) is 0 Å². The summed E-state index contributed by atoms with van der Waals surface area (Å²) < 4.78 is 39.1. The van der Waals surface area contributed by atoms with Crippen LogP contribution in [0.4, 0.5) is 18.9 Å². The molecule has 1 N–H and O–H groups in total. The van der Waals surface area contributed by atoms with E-state index in [0.29, 0.717) is 13.1 Å². The van der Waals surface area contributed by atoms with Crippen LogP contribution in [0.5, 0.6) is 0 Å². The van der Waals surface area contributed by atoms with Gasteiger partial charge >= 0.3 is 6.18 Å². The maximum atomic E-state index is 13.0. The third kappa shape index (κ3) is 2.04. The van der Waals surface area contributed by atoms with E-state index in [0.717, 1.165) is 17.3 Å². The van der Waals surface area contributed by atoms with Crippen molar-refractivity contribution >= 4 is 5.69 Å². The van der Waals surface area contributed by atoms with Gasteiger partial charge in [0.2, 0.25) is 0 Å². The first-order valence-electron chi connectivity index (χ1n) is 5.93. The SMILES string of the molecule is O=c1[nH]ncc(N2Cc3ccccc3C2)c1C(F)(F)F. The van der Waals surface area contributed by atoms with Crippen LogP contribution in [0.1, 0.15) is 16.7 Å². The summed E-state index contributed by atoms with van der Waals surface area (Å²) in [4.78, 5) is 13.0. The van der Waals surface area contributed by atoms with Gasteiger partial charge in [-0.1, -0.05) is 24.3 Å². The predicted octanol–water partition coefficient (Wildman–Crippen LogP) is 2.31. The van der Waals surface area contributed by atoms with Gasteiger partial charge in [0.1, 0.15) is 5.56 Å². The smallest absolute Gasteiger partial charge is 0.361 e. The molecule has 1 aliphatic heterocycles. The molecule has 0 unspecified atom stereocenters. The van der Waals surface area contributed by atoms with E-state index in [1.54, 1.807) is 0 Å². The summed E-state index contributed by atoms with van der Waals surface area (Å²) in [5.41, 5.74) is -0.675. The molecule has 0 aliphatic carbocycles. The van der Waals surface area contributed by atoms with Crippen molar-refractivity contribution in [2.75, 3.05) is 4.90 Å². The average molecular weight is 281 g/mol. The molecule has 1 aliphatic rings. The van der Waals surface area contributed by atoms with Crippen molar-refractivity contribution in [3.63, 3.8) is 0 Å².